The van der Waals surface area contributed by atoms with Crippen molar-refractivity contribution >= 4 is 41.5 Å². The lowest BCUT2D eigenvalue weighted by Gasteiger charge is -2.21. The quantitative estimate of drug-likeness (QED) is 0.298. The van der Waals surface area contributed by atoms with Gasteiger partial charge in [-0.25, -0.2) is 8.78 Å². The number of guanidine groups is 1. The first kappa shape index (κ1) is 24.8. The highest BCUT2D eigenvalue weighted by atomic mass is 127. The Morgan fingerprint density at radius 2 is 2.00 bits per heavy atom. The van der Waals surface area contributed by atoms with E-state index in [2.05, 4.69) is 20.9 Å². The topological polar surface area (TPSA) is 68.8 Å². The molecule has 0 spiro atoms. The smallest absolute Gasteiger partial charge is 0.251 e. The predicted molar refractivity (Wildman–Crippen MR) is 130 cm³/mol. The van der Waals surface area contributed by atoms with E-state index >= 15 is 0 Å². The van der Waals surface area contributed by atoms with Crippen LogP contribution in [-0.4, -0.2) is 44.6 Å². The van der Waals surface area contributed by atoms with Crippen LogP contribution >= 0.6 is 24.0 Å². The summed E-state index contributed by atoms with van der Waals surface area (Å²) in [5, 5.41) is 9.39. The molecule has 31 heavy (non-hydrogen) atoms. The highest BCUT2D eigenvalue weighted by molar-refractivity contribution is 14.0. The molecule has 168 valence electrons. The Labute approximate surface area is 198 Å². The monoisotopic (exact) mass is 543 g/mol. The number of carbonyl (C=O) groups excluding carboxylic acids is 1. The van der Waals surface area contributed by atoms with E-state index in [1.807, 2.05) is 30.0 Å². The Kier molecular flexibility index (Phi) is 9.47. The zero-order chi connectivity index (χ0) is 21.5. The summed E-state index contributed by atoms with van der Waals surface area (Å²) >= 11 is 0. The summed E-state index contributed by atoms with van der Waals surface area (Å²) < 4.78 is 27.2. The van der Waals surface area contributed by atoms with Gasteiger partial charge in [-0.1, -0.05) is 12.1 Å². The third-order valence-electron chi connectivity index (χ3n) is 4.99. The third-order valence-corrected chi connectivity index (χ3v) is 4.99. The summed E-state index contributed by atoms with van der Waals surface area (Å²) in [4.78, 5) is 18.1. The SMILES string of the molecule is CCNC(=O)c1cccc(CNC(=NC)NC2CCN(c3ccc(F)cc3F)C2)c1.I. The number of rotatable bonds is 6. The van der Waals surface area contributed by atoms with E-state index in [9.17, 15) is 13.6 Å². The van der Waals surface area contributed by atoms with Crippen molar-refractivity contribution in [2.75, 3.05) is 31.6 Å². The normalized spacial score (nSPS) is 15.9. The predicted octanol–water partition coefficient (Wildman–Crippen LogP) is 3.28. The van der Waals surface area contributed by atoms with Gasteiger partial charge in [0.05, 0.1) is 5.69 Å². The van der Waals surface area contributed by atoms with Gasteiger partial charge in [0.2, 0.25) is 0 Å². The lowest BCUT2D eigenvalue weighted by molar-refractivity contribution is 0.0955. The van der Waals surface area contributed by atoms with Gasteiger partial charge in [0.15, 0.2) is 5.96 Å². The third kappa shape index (κ3) is 6.78. The van der Waals surface area contributed by atoms with Crippen molar-refractivity contribution in [2.45, 2.75) is 25.9 Å². The molecule has 1 amide bonds. The number of nitrogens with one attached hydrogen (secondary N) is 3. The number of carbonyl (C=O) groups is 1. The minimum atomic E-state index is -0.578. The standard InChI is InChI=1S/C22H27F2N5O.HI/c1-3-26-21(30)16-6-4-5-15(11-16)13-27-22(25-2)28-18-9-10-29(14-18)20-8-7-17(23)12-19(20)24;/h4-8,11-12,18H,3,9-10,13-14H2,1-2H3,(H,26,30)(H2,25,27,28);1H. The first-order valence-corrected chi connectivity index (χ1v) is 10.0. The molecule has 0 saturated carbocycles. The minimum Gasteiger partial charge on any atom is -0.367 e. The molecule has 1 saturated heterocycles. The molecule has 9 heteroatoms. The van der Waals surface area contributed by atoms with E-state index in [4.69, 9.17) is 0 Å². The molecule has 1 heterocycles. The molecule has 0 radical (unpaired) electrons. The molecule has 0 bridgehead atoms. The van der Waals surface area contributed by atoms with Crippen molar-refractivity contribution < 1.29 is 13.6 Å². The summed E-state index contributed by atoms with van der Waals surface area (Å²) in [6, 6.07) is 11.2. The van der Waals surface area contributed by atoms with Gasteiger partial charge in [-0.05, 0) is 43.2 Å². The molecular weight excluding hydrogens is 515 g/mol. The van der Waals surface area contributed by atoms with Crippen molar-refractivity contribution in [1.29, 1.82) is 0 Å². The maximum Gasteiger partial charge on any atom is 0.251 e. The van der Waals surface area contributed by atoms with Gasteiger partial charge < -0.3 is 20.9 Å². The van der Waals surface area contributed by atoms with Crippen LogP contribution in [0, 0.1) is 11.6 Å². The van der Waals surface area contributed by atoms with Crippen molar-refractivity contribution in [3.05, 3.63) is 65.2 Å². The fourth-order valence-electron chi connectivity index (χ4n) is 3.49. The van der Waals surface area contributed by atoms with Crippen molar-refractivity contribution in [3.8, 4) is 0 Å². The Bertz CT molecular complexity index is 925. The maximum atomic E-state index is 14.0. The Balaban J connectivity index is 0.00000341. The summed E-state index contributed by atoms with van der Waals surface area (Å²) in [6.45, 7) is 4.24. The number of anilines is 1. The van der Waals surface area contributed by atoms with Crippen LogP contribution < -0.4 is 20.9 Å². The molecule has 1 aliphatic rings. The van der Waals surface area contributed by atoms with Crippen LogP contribution in [0.15, 0.2) is 47.5 Å². The van der Waals surface area contributed by atoms with Crippen LogP contribution in [-0.2, 0) is 6.54 Å². The molecule has 0 aromatic heterocycles. The second-order valence-electron chi connectivity index (χ2n) is 7.16. The van der Waals surface area contributed by atoms with E-state index in [0.29, 0.717) is 43.4 Å². The zero-order valence-corrected chi connectivity index (χ0v) is 20.0. The zero-order valence-electron chi connectivity index (χ0n) is 17.6. The number of aliphatic imine (C=N–C) groups is 1. The van der Waals surface area contributed by atoms with E-state index in [0.717, 1.165) is 18.1 Å². The highest BCUT2D eigenvalue weighted by Gasteiger charge is 2.25. The molecule has 1 unspecified atom stereocenters. The van der Waals surface area contributed by atoms with E-state index in [1.54, 1.807) is 13.1 Å². The number of hydrogen-bond acceptors (Lipinski definition) is 3. The first-order valence-electron chi connectivity index (χ1n) is 10.0. The van der Waals surface area contributed by atoms with E-state index in [-0.39, 0.29) is 35.9 Å². The van der Waals surface area contributed by atoms with Crippen molar-refractivity contribution in [3.63, 3.8) is 0 Å². The average Bonchev–Trinajstić information content (AvgIpc) is 3.19. The largest absolute Gasteiger partial charge is 0.367 e. The Morgan fingerprint density at radius 1 is 1.19 bits per heavy atom. The molecule has 3 rings (SSSR count). The second kappa shape index (κ2) is 11.8. The molecular formula is C22H28F2IN5O. The average molecular weight is 543 g/mol. The number of benzene rings is 2. The van der Waals surface area contributed by atoms with E-state index < -0.39 is 11.6 Å². The first-order chi connectivity index (χ1) is 14.5. The van der Waals surface area contributed by atoms with Crippen LogP contribution in [0.25, 0.3) is 0 Å². The van der Waals surface area contributed by atoms with Gasteiger partial charge in [-0.15, -0.1) is 24.0 Å². The van der Waals surface area contributed by atoms with Gasteiger partial charge in [0, 0.05) is 50.9 Å². The number of halogens is 3. The van der Waals surface area contributed by atoms with Gasteiger partial charge in [-0.3, -0.25) is 9.79 Å². The molecule has 0 aliphatic carbocycles. The Hall–Kier alpha value is -2.43. The van der Waals surface area contributed by atoms with E-state index in [1.165, 1.54) is 12.1 Å². The lowest BCUT2D eigenvalue weighted by Crippen LogP contribution is -2.44. The van der Waals surface area contributed by atoms with Crippen molar-refractivity contribution in [2.24, 2.45) is 4.99 Å². The Morgan fingerprint density at radius 3 is 2.71 bits per heavy atom. The molecule has 3 N–H and O–H groups in total. The van der Waals surface area contributed by atoms with Gasteiger partial charge in [0.1, 0.15) is 11.6 Å². The molecule has 2 aromatic carbocycles. The van der Waals surface area contributed by atoms with Crippen LogP contribution in [0.1, 0.15) is 29.3 Å². The lowest BCUT2D eigenvalue weighted by atomic mass is 10.1. The second-order valence-corrected chi connectivity index (χ2v) is 7.16. The van der Waals surface area contributed by atoms with Gasteiger partial charge in [0.25, 0.3) is 5.91 Å². The summed E-state index contributed by atoms with van der Waals surface area (Å²) in [5.41, 5.74) is 1.99. The number of hydrogen-bond donors (Lipinski definition) is 3. The number of nitrogens with zero attached hydrogens (tertiary/aromatic N) is 2. The fourth-order valence-corrected chi connectivity index (χ4v) is 3.49. The minimum absolute atomic E-state index is 0. The highest BCUT2D eigenvalue weighted by Crippen LogP contribution is 2.24. The van der Waals surface area contributed by atoms with Gasteiger partial charge in [-0.2, -0.15) is 0 Å². The van der Waals surface area contributed by atoms with Crippen LogP contribution in [0.4, 0.5) is 14.5 Å². The fraction of sp³-hybridized carbons (Fsp3) is 0.364. The molecule has 1 atom stereocenters. The number of amides is 1. The molecule has 1 aliphatic heterocycles. The molecule has 6 nitrogen and oxygen atoms in total. The van der Waals surface area contributed by atoms with Crippen molar-refractivity contribution in [1.82, 2.24) is 16.0 Å². The van der Waals surface area contributed by atoms with Crippen LogP contribution in [0.3, 0.4) is 0 Å². The molecule has 1 fully saturated rings. The summed E-state index contributed by atoms with van der Waals surface area (Å²) in [5.74, 6) is -0.595. The maximum absolute atomic E-state index is 14.0. The van der Waals surface area contributed by atoms with Crippen LogP contribution in [0.5, 0.6) is 0 Å². The summed E-state index contributed by atoms with van der Waals surface area (Å²) in [7, 11) is 1.69. The molecule has 2 aromatic rings. The summed E-state index contributed by atoms with van der Waals surface area (Å²) in [6.07, 6.45) is 0.810. The van der Waals surface area contributed by atoms with Gasteiger partial charge >= 0.3 is 0 Å². The van der Waals surface area contributed by atoms with Crippen LogP contribution in [0.2, 0.25) is 0 Å².